The summed E-state index contributed by atoms with van der Waals surface area (Å²) >= 11 is 0. The van der Waals surface area contributed by atoms with Crippen molar-refractivity contribution in [2.75, 3.05) is 19.9 Å². The van der Waals surface area contributed by atoms with Crippen molar-refractivity contribution >= 4 is 6.09 Å². The van der Waals surface area contributed by atoms with Gasteiger partial charge in [0, 0.05) is 6.54 Å². The number of nitrogens with two attached hydrogens (primary N) is 1. The molecule has 0 bridgehead atoms. The van der Waals surface area contributed by atoms with E-state index in [2.05, 4.69) is 4.74 Å². The van der Waals surface area contributed by atoms with Crippen LogP contribution < -0.4 is 11.1 Å². The van der Waals surface area contributed by atoms with Crippen LogP contribution in [0.2, 0.25) is 0 Å². The van der Waals surface area contributed by atoms with Gasteiger partial charge in [-0.15, -0.1) is 0 Å². The van der Waals surface area contributed by atoms with Crippen LogP contribution in [0.4, 0.5) is 4.79 Å². The van der Waals surface area contributed by atoms with E-state index in [1.165, 1.54) is 0 Å². The van der Waals surface area contributed by atoms with Crippen molar-refractivity contribution in [1.82, 2.24) is 5.32 Å². The summed E-state index contributed by atoms with van der Waals surface area (Å²) in [5.41, 5.74) is 5.01. The average molecular weight is 134 g/mol. The number of aliphatic hydroxyl groups excluding tert-OH is 1. The Balaban J connectivity index is 3.06. The third kappa shape index (κ3) is 5.05. The van der Waals surface area contributed by atoms with Crippen molar-refractivity contribution < 1.29 is 14.6 Å². The third-order valence-corrected chi connectivity index (χ3v) is 0.574. The highest BCUT2D eigenvalue weighted by Gasteiger charge is 1.95. The number of carbonyl (C=O) groups is 1. The quantitative estimate of drug-likeness (QED) is 0.415. The number of hydrogen-bond donors (Lipinski definition) is 3. The number of aliphatic hydroxyl groups is 1. The van der Waals surface area contributed by atoms with Gasteiger partial charge in [-0.3, -0.25) is 5.32 Å². The summed E-state index contributed by atoms with van der Waals surface area (Å²) < 4.78 is 4.40. The van der Waals surface area contributed by atoms with Crippen molar-refractivity contribution in [1.29, 1.82) is 0 Å². The normalized spacial score (nSPS) is 8.67. The van der Waals surface area contributed by atoms with E-state index in [1.54, 1.807) is 0 Å². The summed E-state index contributed by atoms with van der Waals surface area (Å²) in [6.07, 6.45) is -0.650. The molecule has 0 heterocycles. The average Bonchev–Trinajstić information content (AvgIpc) is 1.85. The van der Waals surface area contributed by atoms with E-state index in [0.29, 0.717) is 6.54 Å². The molecule has 9 heavy (non-hydrogen) atoms. The Kier molecular flexibility index (Phi) is 4.85. The van der Waals surface area contributed by atoms with Gasteiger partial charge in [-0.2, -0.15) is 0 Å². The van der Waals surface area contributed by atoms with Gasteiger partial charge in [0.15, 0.2) is 0 Å². The van der Waals surface area contributed by atoms with Gasteiger partial charge in [0.05, 0.1) is 0 Å². The molecule has 0 aromatic rings. The number of amides is 1. The first kappa shape index (κ1) is 8.19. The van der Waals surface area contributed by atoms with Crippen LogP contribution in [0.5, 0.6) is 0 Å². The van der Waals surface area contributed by atoms with E-state index >= 15 is 0 Å². The zero-order valence-corrected chi connectivity index (χ0v) is 4.96. The zero-order chi connectivity index (χ0) is 7.11. The summed E-state index contributed by atoms with van der Waals surface area (Å²) in [6, 6.07) is 0. The molecule has 0 rings (SSSR count). The first-order chi connectivity index (χ1) is 4.31. The number of alkyl carbamates (subject to hydrolysis) is 1. The second-order valence-corrected chi connectivity index (χ2v) is 1.26. The highest BCUT2D eigenvalue weighted by Crippen LogP contribution is 1.72. The van der Waals surface area contributed by atoms with Crippen molar-refractivity contribution in [3.63, 3.8) is 0 Å². The smallest absolute Gasteiger partial charge is 0.408 e. The van der Waals surface area contributed by atoms with Crippen LogP contribution in [0.3, 0.4) is 0 Å². The Morgan fingerprint density at radius 2 is 2.44 bits per heavy atom. The highest BCUT2D eigenvalue weighted by molar-refractivity contribution is 5.66. The summed E-state index contributed by atoms with van der Waals surface area (Å²) in [5.74, 6) is 0. The van der Waals surface area contributed by atoms with Crippen molar-refractivity contribution in [3.05, 3.63) is 0 Å². The van der Waals surface area contributed by atoms with Crippen molar-refractivity contribution in [2.24, 2.45) is 5.73 Å². The van der Waals surface area contributed by atoms with E-state index < -0.39 is 12.8 Å². The molecule has 5 nitrogen and oxygen atoms in total. The molecule has 0 atom stereocenters. The first-order valence-corrected chi connectivity index (χ1v) is 2.52. The molecule has 0 fully saturated rings. The largest absolute Gasteiger partial charge is 0.448 e. The third-order valence-electron chi connectivity index (χ3n) is 0.574. The minimum Gasteiger partial charge on any atom is -0.448 e. The molecular formula is C4H10N2O3. The van der Waals surface area contributed by atoms with Crippen LogP contribution in [0.25, 0.3) is 0 Å². The molecule has 54 valence electrons. The Labute approximate surface area is 52.8 Å². The Morgan fingerprint density at radius 1 is 1.78 bits per heavy atom. The summed E-state index contributed by atoms with van der Waals surface area (Å²) in [5, 5.41) is 10.1. The minimum absolute atomic E-state index is 0.172. The van der Waals surface area contributed by atoms with Crippen LogP contribution in [0, 0.1) is 0 Å². The number of nitrogens with one attached hydrogen (secondary N) is 1. The predicted molar refractivity (Wildman–Crippen MR) is 30.6 cm³/mol. The molecule has 0 aliphatic heterocycles. The number of carbonyl (C=O) groups excluding carboxylic acids is 1. The molecule has 0 spiro atoms. The van der Waals surface area contributed by atoms with Gasteiger partial charge in [-0.1, -0.05) is 0 Å². The van der Waals surface area contributed by atoms with Gasteiger partial charge < -0.3 is 15.6 Å². The van der Waals surface area contributed by atoms with Gasteiger partial charge >= 0.3 is 6.09 Å². The molecule has 0 unspecified atom stereocenters. The van der Waals surface area contributed by atoms with Crippen LogP contribution in [0.1, 0.15) is 0 Å². The maximum atomic E-state index is 10.3. The number of hydrogen-bond acceptors (Lipinski definition) is 4. The van der Waals surface area contributed by atoms with Gasteiger partial charge in [-0.25, -0.2) is 4.79 Å². The Bertz CT molecular complexity index is 85.9. The topological polar surface area (TPSA) is 84.6 Å². The fraction of sp³-hybridized carbons (Fsp3) is 0.750. The summed E-state index contributed by atoms with van der Waals surface area (Å²) in [4.78, 5) is 10.3. The Hall–Kier alpha value is -0.810. The zero-order valence-electron chi connectivity index (χ0n) is 4.96. The summed E-state index contributed by atoms with van der Waals surface area (Å²) in [7, 11) is 0. The second kappa shape index (κ2) is 5.33. The second-order valence-electron chi connectivity index (χ2n) is 1.26. The lowest BCUT2D eigenvalue weighted by Gasteiger charge is -2.00. The maximum absolute atomic E-state index is 10.3. The molecule has 1 amide bonds. The molecule has 0 aromatic heterocycles. The molecule has 0 radical (unpaired) electrons. The molecule has 4 N–H and O–H groups in total. The molecule has 0 saturated carbocycles. The monoisotopic (exact) mass is 134 g/mol. The van der Waals surface area contributed by atoms with Gasteiger partial charge in [0.25, 0.3) is 0 Å². The van der Waals surface area contributed by atoms with E-state index in [4.69, 9.17) is 10.8 Å². The van der Waals surface area contributed by atoms with E-state index in [0.717, 1.165) is 0 Å². The van der Waals surface area contributed by atoms with Gasteiger partial charge in [0.2, 0.25) is 0 Å². The molecule has 0 aliphatic carbocycles. The standard InChI is InChI=1S/C4H10N2O3/c5-1-2-9-4(8)6-3-7/h7H,1-3,5H2,(H,6,8). The van der Waals surface area contributed by atoms with Crippen molar-refractivity contribution in [2.45, 2.75) is 0 Å². The van der Waals surface area contributed by atoms with Crippen LogP contribution >= 0.6 is 0 Å². The lowest BCUT2D eigenvalue weighted by Crippen LogP contribution is -2.26. The lowest BCUT2D eigenvalue weighted by molar-refractivity contribution is 0.136. The Morgan fingerprint density at radius 3 is 2.89 bits per heavy atom. The van der Waals surface area contributed by atoms with E-state index in [9.17, 15) is 4.79 Å². The number of ether oxygens (including phenoxy) is 1. The van der Waals surface area contributed by atoms with Crippen LogP contribution in [0.15, 0.2) is 0 Å². The van der Waals surface area contributed by atoms with Crippen LogP contribution in [-0.4, -0.2) is 31.1 Å². The fourth-order valence-corrected chi connectivity index (χ4v) is 0.267. The number of rotatable bonds is 3. The fourth-order valence-electron chi connectivity index (χ4n) is 0.267. The molecule has 5 heteroatoms. The van der Waals surface area contributed by atoms with Gasteiger partial charge in [0.1, 0.15) is 13.3 Å². The first-order valence-electron chi connectivity index (χ1n) is 2.52. The molecule has 0 aliphatic rings. The summed E-state index contributed by atoms with van der Waals surface area (Å²) in [6.45, 7) is 0.0497. The molecular weight excluding hydrogens is 124 g/mol. The minimum atomic E-state index is -0.650. The highest BCUT2D eigenvalue weighted by atomic mass is 16.5. The van der Waals surface area contributed by atoms with E-state index in [-0.39, 0.29) is 6.61 Å². The maximum Gasteiger partial charge on any atom is 0.408 e. The van der Waals surface area contributed by atoms with Crippen molar-refractivity contribution in [3.8, 4) is 0 Å². The molecule has 0 saturated heterocycles. The predicted octanol–water partition coefficient (Wildman–Crippen LogP) is -1.38. The SMILES string of the molecule is NCCOC(=O)NCO. The lowest BCUT2D eigenvalue weighted by atomic mass is 10.7. The van der Waals surface area contributed by atoms with Crippen LogP contribution in [-0.2, 0) is 4.74 Å². The van der Waals surface area contributed by atoms with E-state index in [1.807, 2.05) is 5.32 Å². The molecule has 0 aromatic carbocycles. The van der Waals surface area contributed by atoms with Gasteiger partial charge in [-0.05, 0) is 0 Å².